The number of carbonyl (C=O) groups is 1. The van der Waals surface area contributed by atoms with Crippen LogP contribution in [0, 0.1) is 5.92 Å². The lowest BCUT2D eigenvalue weighted by molar-refractivity contribution is -0.0310. The molecule has 3 heterocycles. The quantitative estimate of drug-likeness (QED) is 0.724. The van der Waals surface area contributed by atoms with Crippen molar-refractivity contribution in [3.8, 4) is 0 Å². The van der Waals surface area contributed by atoms with E-state index >= 15 is 0 Å². The van der Waals surface area contributed by atoms with Gasteiger partial charge in [0.1, 0.15) is 0 Å². The number of fused-ring (bicyclic) bond motifs is 1. The SMILES string of the molecule is CCC(CC)c1cc(CC2CCCC2)nc2cc(C(=O)N3CCCC(O)C3(C)C)nn12. The summed E-state index contributed by atoms with van der Waals surface area (Å²) in [6.45, 7) is 8.96. The number of rotatable bonds is 6. The van der Waals surface area contributed by atoms with Crippen LogP contribution < -0.4 is 0 Å². The topological polar surface area (TPSA) is 70.7 Å². The number of hydrogen-bond acceptors (Lipinski definition) is 4. The number of carbonyl (C=O) groups excluding carboxylic acids is 1. The molecule has 170 valence electrons. The van der Waals surface area contributed by atoms with E-state index in [1.807, 2.05) is 24.4 Å². The molecule has 1 amide bonds. The average molecular weight is 427 g/mol. The average Bonchev–Trinajstić information content (AvgIpc) is 3.40. The highest BCUT2D eigenvalue weighted by molar-refractivity contribution is 5.94. The molecule has 2 aliphatic rings. The van der Waals surface area contributed by atoms with Crippen molar-refractivity contribution in [1.82, 2.24) is 19.5 Å². The number of hydrogen-bond donors (Lipinski definition) is 1. The van der Waals surface area contributed by atoms with Gasteiger partial charge < -0.3 is 10.0 Å². The van der Waals surface area contributed by atoms with Crippen molar-refractivity contribution in [3.63, 3.8) is 0 Å². The molecule has 1 atom stereocenters. The van der Waals surface area contributed by atoms with Crippen LogP contribution in [0.2, 0.25) is 0 Å². The van der Waals surface area contributed by atoms with Gasteiger partial charge in [0.05, 0.1) is 11.6 Å². The van der Waals surface area contributed by atoms with Crippen molar-refractivity contribution in [2.24, 2.45) is 5.92 Å². The van der Waals surface area contributed by atoms with Gasteiger partial charge in [-0.15, -0.1) is 0 Å². The van der Waals surface area contributed by atoms with E-state index in [4.69, 9.17) is 10.1 Å². The maximum atomic E-state index is 13.4. The van der Waals surface area contributed by atoms with E-state index in [0.29, 0.717) is 18.2 Å². The molecule has 1 aliphatic heterocycles. The monoisotopic (exact) mass is 426 g/mol. The summed E-state index contributed by atoms with van der Waals surface area (Å²) < 4.78 is 1.90. The summed E-state index contributed by atoms with van der Waals surface area (Å²) >= 11 is 0. The van der Waals surface area contributed by atoms with Gasteiger partial charge in [-0.05, 0) is 57.9 Å². The molecule has 0 spiro atoms. The molecule has 6 heteroatoms. The number of aromatic nitrogens is 3. The van der Waals surface area contributed by atoms with Gasteiger partial charge in [0, 0.05) is 29.9 Å². The minimum Gasteiger partial charge on any atom is -0.391 e. The molecule has 1 saturated carbocycles. The highest BCUT2D eigenvalue weighted by atomic mass is 16.3. The molecule has 2 aromatic rings. The molecule has 0 bridgehead atoms. The molecule has 31 heavy (non-hydrogen) atoms. The Morgan fingerprint density at radius 3 is 2.55 bits per heavy atom. The first-order valence-corrected chi connectivity index (χ1v) is 12.2. The van der Waals surface area contributed by atoms with E-state index in [2.05, 4.69) is 19.9 Å². The third-order valence-corrected chi connectivity index (χ3v) is 7.72. The highest BCUT2D eigenvalue weighted by Gasteiger charge is 2.41. The molecule has 1 unspecified atom stereocenters. The first-order chi connectivity index (χ1) is 14.8. The molecule has 1 N–H and O–H groups in total. The molecule has 4 rings (SSSR count). The molecule has 1 aliphatic carbocycles. The van der Waals surface area contributed by atoms with Gasteiger partial charge in [-0.25, -0.2) is 9.50 Å². The van der Waals surface area contributed by atoms with Crippen LogP contribution in [0.15, 0.2) is 12.1 Å². The summed E-state index contributed by atoms with van der Waals surface area (Å²) in [7, 11) is 0. The molecular formula is C25H38N4O2. The van der Waals surface area contributed by atoms with Gasteiger partial charge in [-0.1, -0.05) is 39.5 Å². The maximum Gasteiger partial charge on any atom is 0.274 e. The summed E-state index contributed by atoms with van der Waals surface area (Å²) in [5, 5.41) is 15.2. The Labute approximate surface area is 186 Å². The van der Waals surface area contributed by atoms with Crippen molar-refractivity contribution in [2.75, 3.05) is 6.54 Å². The van der Waals surface area contributed by atoms with Crippen LogP contribution in [-0.4, -0.2) is 48.7 Å². The minimum absolute atomic E-state index is 0.109. The largest absolute Gasteiger partial charge is 0.391 e. The summed E-state index contributed by atoms with van der Waals surface area (Å²) in [5.74, 6) is 1.01. The molecule has 2 fully saturated rings. The summed E-state index contributed by atoms with van der Waals surface area (Å²) in [6, 6.07) is 4.09. The van der Waals surface area contributed by atoms with Crippen molar-refractivity contribution < 1.29 is 9.90 Å². The molecular weight excluding hydrogens is 388 g/mol. The smallest absolute Gasteiger partial charge is 0.274 e. The third-order valence-electron chi connectivity index (χ3n) is 7.72. The van der Waals surface area contributed by atoms with E-state index in [-0.39, 0.29) is 5.91 Å². The summed E-state index contributed by atoms with van der Waals surface area (Å²) in [6.07, 6.45) is 9.36. The minimum atomic E-state index is -0.593. The van der Waals surface area contributed by atoms with Gasteiger partial charge in [-0.2, -0.15) is 5.10 Å². The predicted molar refractivity (Wildman–Crippen MR) is 122 cm³/mol. The maximum absolute atomic E-state index is 13.4. The zero-order chi connectivity index (χ0) is 22.2. The van der Waals surface area contributed by atoms with Crippen molar-refractivity contribution in [2.45, 2.75) is 103 Å². The highest BCUT2D eigenvalue weighted by Crippen LogP contribution is 2.32. The number of likely N-dealkylation sites (tertiary alicyclic amines) is 1. The van der Waals surface area contributed by atoms with E-state index in [1.54, 1.807) is 4.90 Å². The Morgan fingerprint density at radius 1 is 1.16 bits per heavy atom. The van der Waals surface area contributed by atoms with Gasteiger partial charge >= 0.3 is 0 Å². The lowest BCUT2D eigenvalue weighted by atomic mass is 9.87. The first kappa shape index (κ1) is 22.3. The Kier molecular flexibility index (Phi) is 6.38. The number of nitrogens with zero attached hydrogens (tertiary/aromatic N) is 4. The van der Waals surface area contributed by atoms with E-state index in [1.165, 1.54) is 31.4 Å². The van der Waals surface area contributed by atoms with Crippen LogP contribution in [0.1, 0.15) is 107 Å². The fraction of sp³-hybridized carbons (Fsp3) is 0.720. The van der Waals surface area contributed by atoms with Crippen LogP contribution in [-0.2, 0) is 6.42 Å². The van der Waals surface area contributed by atoms with Gasteiger partial charge in [0.15, 0.2) is 11.3 Å². The van der Waals surface area contributed by atoms with Crippen LogP contribution >= 0.6 is 0 Å². The normalized spacial score (nSPS) is 22.0. The Bertz CT molecular complexity index is 925. The number of amides is 1. The number of aliphatic hydroxyl groups is 1. The lowest BCUT2D eigenvalue weighted by Crippen LogP contribution is -2.58. The standard InChI is InChI=1S/C25H38N4O2/c1-5-18(6-2)21-15-19(14-17-10-7-8-11-17)26-23-16-20(27-29(21)23)24(31)28-13-9-12-22(30)25(28,3)4/h15-18,22,30H,5-14H2,1-4H3. The molecule has 0 radical (unpaired) electrons. The number of piperidine rings is 1. The fourth-order valence-corrected chi connectivity index (χ4v) is 5.53. The van der Waals surface area contributed by atoms with Crippen LogP contribution in [0.5, 0.6) is 0 Å². The van der Waals surface area contributed by atoms with Crippen LogP contribution in [0.25, 0.3) is 5.65 Å². The van der Waals surface area contributed by atoms with Gasteiger partial charge in [0.2, 0.25) is 0 Å². The summed E-state index contributed by atoms with van der Waals surface area (Å²) in [5.41, 5.74) is 2.91. The third kappa shape index (κ3) is 4.23. The molecule has 2 aromatic heterocycles. The van der Waals surface area contributed by atoms with E-state index in [0.717, 1.165) is 49.4 Å². The van der Waals surface area contributed by atoms with E-state index in [9.17, 15) is 9.90 Å². The summed E-state index contributed by atoms with van der Waals surface area (Å²) in [4.78, 5) is 20.1. The zero-order valence-electron chi connectivity index (χ0n) is 19.6. The Morgan fingerprint density at radius 2 is 1.87 bits per heavy atom. The van der Waals surface area contributed by atoms with Crippen molar-refractivity contribution >= 4 is 11.6 Å². The van der Waals surface area contributed by atoms with Gasteiger partial charge in [-0.3, -0.25) is 4.79 Å². The zero-order valence-corrected chi connectivity index (χ0v) is 19.6. The van der Waals surface area contributed by atoms with Crippen LogP contribution in [0.3, 0.4) is 0 Å². The fourth-order valence-electron chi connectivity index (χ4n) is 5.53. The van der Waals surface area contributed by atoms with Crippen molar-refractivity contribution in [1.29, 1.82) is 0 Å². The Hall–Kier alpha value is -1.95. The first-order valence-electron chi connectivity index (χ1n) is 12.2. The predicted octanol–water partition coefficient (Wildman–Crippen LogP) is 4.74. The lowest BCUT2D eigenvalue weighted by Gasteiger charge is -2.45. The second kappa shape index (κ2) is 8.89. The molecule has 1 saturated heterocycles. The second-order valence-electron chi connectivity index (χ2n) is 10.1. The molecule has 6 nitrogen and oxygen atoms in total. The van der Waals surface area contributed by atoms with Crippen molar-refractivity contribution in [3.05, 3.63) is 29.2 Å². The Balaban J connectivity index is 1.72. The van der Waals surface area contributed by atoms with Gasteiger partial charge in [0.25, 0.3) is 5.91 Å². The molecule has 0 aromatic carbocycles. The van der Waals surface area contributed by atoms with Crippen LogP contribution in [0.4, 0.5) is 0 Å². The second-order valence-corrected chi connectivity index (χ2v) is 10.1. The van der Waals surface area contributed by atoms with E-state index < -0.39 is 11.6 Å². The number of aliphatic hydroxyl groups excluding tert-OH is 1.